The second-order valence-electron chi connectivity index (χ2n) is 4.65. The summed E-state index contributed by atoms with van der Waals surface area (Å²) in [5.41, 5.74) is 7.49. The normalized spacial score (nSPS) is 15.3. The lowest BCUT2D eigenvalue weighted by molar-refractivity contribution is -0.136. The molecular formula is C12H16N2O. The van der Waals surface area contributed by atoms with Crippen LogP contribution in [-0.2, 0) is 17.9 Å². The molecule has 0 bridgehead atoms. The number of fused-ring (bicyclic) bond motifs is 1. The van der Waals surface area contributed by atoms with Gasteiger partial charge in [0.1, 0.15) is 0 Å². The molecule has 0 atom stereocenters. The van der Waals surface area contributed by atoms with Gasteiger partial charge >= 0.3 is 0 Å². The molecule has 3 nitrogen and oxygen atoms in total. The van der Waals surface area contributed by atoms with Crippen molar-refractivity contribution in [1.29, 1.82) is 0 Å². The maximum atomic E-state index is 11.9. The molecule has 0 aliphatic carbocycles. The van der Waals surface area contributed by atoms with Crippen LogP contribution in [0.3, 0.4) is 0 Å². The monoisotopic (exact) mass is 204 g/mol. The molecule has 0 unspecified atom stereocenters. The molecule has 0 saturated heterocycles. The molecule has 1 heterocycles. The SMILES string of the molecule is CC(C)(N)C(=O)N1Cc2ccccc2C1. The average Bonchev–Trinajstić information content (AvgIpc) is 2.58. The van der Waals surface area contributed by atoms with Gasteiger partial charge in [0.15, 0.2) is 0 Å². The van der Waals surface area contributed by atoms with Crippen molar-refractivity contribution in [3.63, 3.8) is 0 Å². The van der Waals surface area contributed by atoms with Crippen molar-refractivity contribution in [1.82, 2.24) is 4.90 Å². The number of carbonyl (C=O) groups excluding carboxylic acids is 1. The number of nitrogens with zero attached hydrogens (tertiary/aromatic N) is 1. The summed E-state index contributed by atoms with van der Waals surface area (Å²) in [7, 11) is 0. The van der Waals surface area contributed by atoms with Gasteiger partial charge in [0.25, 0.3) is 0 Å². The lowest BCUT2D eigenvalue weighted by Crippen LogP contribution is -2.49. The zero-order chi connectivity index (χ0) is 11.1. The van der Waals surface area contributed by atoms with Gasteiger partial charge in [-0.25, -0.2) is 0 Å². The van der Waals surface area contributed by atoms with Crippen LogP contribution in [-0.4, -0.2) is 16.3 Å². The van der Waals surface area contributed by atoms with Crippen molar-refractivity contribution >= 4 is 5.91 Å². The van der Waals surface area contributed by atoms with E-state index in [1.807, 2.05) is 17.0 Å². The minimum Gasteiger partial charge on any atom is -0.332 e. The third-order valence-electron chi connectivity index (χ3n) is 2.68. The molecule has 1 aromatic rings. The highest BCUT2D eigenvalue weighted by Gasteiger charge is 2.31. The van der Waals surface area contributed by atoms with Crippen LogP contribution >= 0.6 is 0 Å². The van der Waals surface area contributed by atoms with E-state index in [0.29, 0.717) is 13.1 Å². The molecule has 0 spiro atoms. The minimum atomic E-state index is -0.776. The molecule has 1 aromatic carbocycles. The molecule has 2 N–H and O–H groups in total. The fraction of sp³-hybridized carbons (Fsp3) is 0.417. The number of hydrogen-bond donors (Lipinski definition) is 1. The Balaban J connectivity index is 2.17. The molecule has 80 valence electrons. The first-order valence-electron chi connectivity index (χ1n) is 5.13. The van der Waals surface area contributed by atoms with Gasteiger partial charge in [0, 0.05) is 13.1 Å². The standard InChI is InChI=1S/C12H16N2O/c1-12(2,13)11(15)14-7-9-5-3-4-6-10(9)8-14/h3-6H,7-8,13H2,1-2H3. The third-order valence-corrected chi connectivity index (χ3v) is 2.68. The summed E-state index contributed by atoms with van der Waals surface area (Å²) in [5, 5.41) is 0. The highest BCUT2D eigenvalue weighted by atomic mass is 16.2. The van der Waals surface area contributed by atoms with Crippen molar-refractivity contribution in [2.24, 2.45) is 5.73 Å². The van der Waals surface area contributed by atoms with Gasteiger partial charge in [-0.3, -0.25) is 4.79 Å². The topological polar surface area (TPSA) is 46.3 Å². The van der Waals surface area contributed by atoms with Gasteiger partial charge in [-0.2, -0.15) is 0 Å². The van der Waals surface area contributed by atoms with Gasteiger partial charge in [0.05, 0.1) is 5.54 Å². The maximum absolute atomic E-state index is 11.9. The third kappa shape index (κ3) is 1.88. The summed E-state index contributed by atoms with van der Waals surface area (Å²) in [6, 6.07) is 8.12. The first-order valence-corrected chi connectivity index (χ1v) is 5.13. The number of hydrogen-bond acceptors (Lipinski definition) is 2. The van der Waals surface area contributed by atoms with Crippen molar-refractivity contribution in [3.05, 3.63) is 35.4 Å². The predicted octanol–water partition coefficient (Wildman–Crippen LogP) is 1.27. The van der Waals surface area contributed by atoms with Crippen LogP contribution in [0.4, 0.5) is 0 Å². The van der Waals surface area contributed by atoms with E-state index in [9.17, 15) is 4.79 Å². The molecule has 1 aliphatic rings. The van der Waals surface area contributed by atoms with Crippen LogP contribution < -0.4 is 5.73 Å². The van der Waals surface area contributed by atoms with Crippen LogP contribution in [0, 0.1) is 0 Å². The number of rotatable bonds is 1. The first kappa shape index (κ1) is 10.2. The molecule has 15 heavy (non-hydrogen) atoms. The van der Waals surface area contributed by atoms with Gasteiger partial charge in [-0.05, 0) is 25.0 Å². The van der Waals surface area contributed by atoms with E-state index in [1.165, 1.54) is 11.1 Å². The molecule has 1 amide bonds. The molecule has 2 rings (SSSR count). The van der Waals surface area contributed by atoms with Gasteiger partial charge in [-0.15, -0.1) is 0 Å². The highest BCUT2D eigenvalue weighted by molar-refractivity contribution is 5.85. The van der Waals surface area contributed by atoms with Gasteiger partial charge in [-0.1, -0.05) is 24.3 Å². The Hall–Kier alpha value is -1.35. The van der Waals surface area contributed by atoms with Gasteiger partial charge in [0.2, 0.25) is 5.91 Å². The molecule has 0 radical (unpaired) electrons. The van der Waals surface area contributed by atoms with Crippen molar-refractivity contribution in [3.8, 4) is 0 Å². The number of carbonyl (C=O) groups is 1. The van der Waals surface area contributed by atoms with E-state index in [0.717, 1.165) is 0 Å². The number of nitrogens with two attached hydrogens (primary N) is 1. The Morgan fingerprint density at radius 1 is 1.27 bits per heavy atom. The Labute approximate surface area is 89.9 Å². The lowest BCUT2D eigenvalue weighted by Gasteiger charge is -2.25. The molecule has 0 aromatic heterocycles. The van der Waals surface area contributed by atoms with E-state index in [2.05, 4.69) is 12.1 Å². The van der Waals surface area contributed by atoms with E-state index in [1.54, 1.807) is 13.8 Å². The fourth-order valence-electron chi connectivity index (χ4n) is 1.88. The smallest absolute Gasteiger partial charge is 0.242 e. The van der Waals surface area contributed by atoms with Gasteiger partial charge < -0.3 is 10.6 Å². The summed E-state index contributed by atoms with van der Waals surface area (Å²) < 4.78 is 0. The minimum absolute atomic E-state index is 0.0127. The van der Waals surface area contributed by atoms with E-state index >= 15 is 0 Å². The summed E-state index contributed by atoms with van der Waals surface area (Å²) in [5.74, 6) is 0.0127. The highest BCUT2D eigenvalue weighted by Crippen LogP contribution is 2.23. The molecule has 0 saturated carbocycles. The lowest BCUT2D eigenvalue weighted by atomic mass is 10.1. The van der Waals surface area contributed by atoms with Crippen molar-refractivity contribution in [2.45, 2.75) is 32.5 Å². The zero-order valence-electron chi connectivity index (χ0n) is 9.16. The molecule has 3 heteroatoms. The maximum Gasteiger partial charge on any atom is 0.242 e. The Morgan fingerprint density at radius 2 is 1.73 bits per heavy atom. The Morgan fingerprint density at radius 3 is 2.13 bits per heavy atom. The second-order valence-corrected chi connectivity index (χ2v) is 4.65. The fourth-order valence-corrected chi connectivity index (χ4v) is 1.88. The summed E-state index contributed by atoms with van der Waals surface area (Å²) in [6.45, 7) is 4.88. The molecule has 0 fully saturated rings. The van der Waals surface area contributed by atoms with E-state index in [4.69, 9.17) is 5.73 Å². The van der Waals surface area contributed by atoms with Crippen LogP contribution in [0.1, 0.15) is 25.0 Å². The average molecular weight is 204 g/mol. The van der Waals surface area contributed by atoms with E-state index < -0.39 is 5.54 Å². The summed E-state index contributed by atoms with van der Waals surface area (Å²) in [6.07, 6.45) is 0. The van der Waals surface area contributed by atoms with Crippen LogP contribution in [0.25, 0.3) is 0 Å². The molecular weight excluding hydrogens is 188 g/mol. The predicted molar refractivity (Wildman–Crippen MR) is 59.0 cm³/mol. The van der Waals surface area contributed by atoms with Crippen molar-refractivity contribution < 1.29 is 4.79 Å². The zero-order valence-corrected chi connectivity index (χ0v) is 9.16. The van der Waals surface area contributed by atoms with Crippen molar-refractivity contribution in [2.75, 3.05) is 0 Å². The first-order chi connectivity index (χ1) is 6.98. The number of amides is 1. The van der Waals surface area contributed by atoms with Crippen LogP contribution in [0.5, 0.6) is 0 Å². The Bertz CT molecular complexity index is 368. The van der Waals surface area contributed by atoms with Crippen LogP contribution in [0.2, 0.25) is 0 Å². The molecule has 1 aliphatic heterocycles. The quantitative estimate of drug-likeness (QED) is 0.748. The largest absolute Gasteiger partial charge is 0.332 e. The second kappa shape index (κ2) is 3.35. The van der Waals surface area contributed by atoms with E-state index in [-0.39, 0.29) is 5.91 Å². The van der Waals surface area contributed by atoms with Crippen LogP contribution in [0.15, 0.2) is 24.3 Å². The number of benzene rings is 1. The summed E-state index contributed by atoms with van der Waals surface area (Å²) >= 11 is 0. The summed E-state index contributed by atoms with van der Waals surface area (Å²) in [4.78, 5) is 13.7. The Kier molecular flexibility index (Phi) is 2.27.